The summed E-state index contributed by atoms with van der Waals surface area (Å²) >= 11 is 0. The number of hydrogen-bond donors (Lipinski definition) is 1. The maximum Gasteiger partial charge on any atom is 0.161 e. The Kier molecular flexibility index (Phi) is 4.24. The summed E-state index contributed by atoms with van der Waals surface area (Å²) in [4.78, 5) is 2.10. The molecule has 0 amide bonds. The average Bonchev–Trinajstić information content (AvgIpc) is 2.74. The summed E-state index contributed by atoms with van der Waals surface area (Å²) in [5.41, 5.74) is 0.219. The largest absolute Gasteiger partial charge is 0.318 e. The first-order chi connectivity index (χ1) is 8.61. The van der Waals surface area contributed by atoms with Crippen molar-refractivity contribution in [3.63, 3.8) is 0 Å². The van der Waals surface area contributed by atoms with Gasteiger partial charge in [0.25, 0.3) is 0 Å². The highest BCUT2D eigenvalue weighted by Gasteiger charge is 2.25. The van der Waals surface area contributed by atoms with E-state index in [9.17, 15) is 13.2 Å². The Balaban J connectivity index is 2.11. The maximum absolute atomic E-state index is 13.5. The third-order valence-electron chi connectivity index (χ3n) is 3.40. The molecule has 1 N–H and O–H groups in total. The van der Waals surface area contributed by atoms with Gasteiger partial charge in [0.15, 0.2) is 11.6 Å². The van der Waals surface area contributed by atoms with Crippen molar-refractivity contribution in [2.75, 3.05) is 20.1 Å². The van der Waals surface area contributed by atoms with E-state index in [0.29, 0.717) is 18.7 Å². The predicted octanol–water partition coefficient (Wildman–Crippen LogP) is 2.29. The Bertz CT molecular complexity index is 423. The lowest BCUT2D eigenvalue weighted by Crippen LogP contribution is -2.36. The minimum Gasteiger partial charge on any atom is -0.318 e. The summed E-state index contributed by atoms with van der Waals surface area (Å²) in [6.07, 6.45) is 2.10. The molecule has 1 unspecified atom stereocenters. The van der Waals surface area contributed by atoms with Crippen molar-refractivity contribution in [1.82, 2.24) is 10.2 Å². The zero-order chi connectivity index (χ0) is 13.1. The fourth-order valence-corrected chi connectivity index (χ4v) is 2.47. The molecule has 2 rings (SSSR count). The standard InChI is InChI=1S/C13H17F3N2/c1-17-7-10-3-2-4-18(10)8-9-5-12(15)13(16)6-11(9)14/h5-6,10,17H,2-4,7-8H2,1H3. The van der Waals surface area contributed by atoms with Gasteiger partial charge in [0.05, 0.1) is 0 Å². The number of nitrogens with zero attached hydrogens (tertiary/aromatic N) is 1. The first-order valence-electron chi connectivity index (χ1n) is 6.14. The highest BCUT2D eigenvalue weighted by Crippen LogP contribution is 2.22. The van der Waals surface area contributed by atoms with Crippen LogP contribution < -0.4 is 5.32 Å². The lowest BCUT2D eigenvalue weighted by molar-refractivity contribution is 0.238. The molecule has 0 bridgehead atoms. The molecule has 0 aliphatic carbocycles. The summed E-state index contributed by atoms with van der Waals surface area (Å²) in [5.74, 6) is -2.80. The molecule has 1 atom stereocenters. The van der Waals surface area contributed by atoms with Crippen LogP contribution in [0.15, 0.2) is 12.1 Å². The molecule has 1 saturated heterocycles. The molecule has 0 spiro atoms. The molecule has 2 nitrogen and oxygen atoms in total. The van der Waals surface area contributed by atoms with Gasteiger partial charge in [-0.15, -0.1) is 0 Å². The van der Waals surface area contributed by atoms with Gasteiger partial charge in [0, 0.05) is 30.8 Å². The van der Waals surface area contributed by atoms with E-state index in [-0.39, 0.29) is 5.56 Å². The topological polar surface area (TPSA) is 15.3 Å². The van der Waals surface area contributed by atoms with E-state index in [1.54, 1.807) is 0 Å². The number of halogens is 3. The van der Waals surface area contributed by atoms with Crippen LogP contribution in [0.1, 0.15) is 18.4 Å². The van der Waals surface area contributed by atoms with Gasteiger partial charge in [-0.2, -0.15) is 0 Å². The van der Waals surface area contributed by atoms with Gasteiger partial charge in [0.2, 0.25) is 0 Å². The quantitative estimate of drug-likeness (QED) is 0.834. The molecule has 1 aliphatic rings. The zero-order valence-corrected chi connectivity index (χ0v) is 10.3. The molecule has 1 aromatic carbocycles. The van der Waals surface area contributed by atoms with E-state index in [4.69, 9.17) is 0 Å². The van der Waals surface area contributed by atoms with E-state index in [1.165, 1.54) is 0 Å². The van der Waals surface area contributed by atoms with Crippen LogP contribution in [0.25, 0.3) is 0 Å². The van der Waals surface area contributed by atoms with Crippen LogP contribution in [0.4, 0.5) is 13.2 Å². The van der Waals surface area contributed by atoms with Crippen LogP contribution in [0.2, 0.25) is 0 Å². The summed E-state index contributed by atoms with van der Waals surface area (Å²) in [6, 6.07) is 1.91. The fraction of sp³-hybridized carbons (Fsp3) is 0.538. The second-order valence-corrected chi connectivity index (χ2v) is 4.68. The minimum atomic E-state index is -1.13. The fourth-order valence-electron chi connectivity index (χ4n) is 2.47. The Morgan fingerprint density at radius 3 is 2.67 bits per heavy atom. The second-order valence-electron chi connectivity index (χ2n) is 4.68. The van der Waals surface area contributed by atoms with Crippen LogP contribution in [-0.4, -0.2) is 31.1 Å². The molecular formula is C13H17F3N2. The number of likely N-dealkylation sites (tertiary alicyclic amines) is 1. The first kappa shape index (κ1) is 13.4. The number of hydrogen-bond acceptors (Lipinski definition) is 2. The number of likely N-dealkylation sites (N-methyl/N-ethyl adjacent to an activating group) is 1. The lowest BCUT2D eigenvalue weighted by atomic mass is 10.1. The summed E-state index contributed by atoms with van der Waals surface area (Å²) in [6.45, 7) is 2.02. The number of nitrogens with one attached hydrogen (secondary N) is 1. The monoisotopic (exact) mass is 258 g/mol. The van der Waals surface area contributed by atoms with Gasteiger partial charge in [0.1, 0.15) is 5.82 Å². The predicted molar refractivity (Wildman–Crippen MR) is 63.7 cm³/mol. The van der Waals surface area contributed by atoms with Crippen molar-refractivity contribution >= 4 is 0 Å². The molecule has 0 saturated carbocycles. The molecule has 1 heterocycles. The summed E-state index contributed by atoms with van der Waals surface area (Å²) < 4.78 is 39.5. The summed E-state index contributed by atoms with van der Waals surface area (Å²) in [7, 11) is 1.87. The van der Waals surface area contributed by atoms with Crippen molar-refractivity contribution in [3.8, 4) is 0 Å². The van der Waals surface area contributed by atoms with Gasteiger partial charge < -0.3 is 5.32 Å². The maximum atomic E-state index is 13.5. The van der Waals surface area contributed by atoms with Crippen LogP contribution in [0.3, 0.4) is 0 Å². The van der Waals surface area contributed by atoms with Gasteiger partial charge >= 0.3 is 0 Å². The highest BCUT2D eigenvalue weighted by atomic mass is 19.2. The van der Waals surface area contributed by atoms with E-state index >= 15 is 0 Å². The molecule has 5 heteroatoms. The minimum absolute atomic E-state index is 0.219. The molecular weight excluding hydrogens is 241 g/mol. The van der Waals surface area contributed by atoms with Crippen LogP contribution >= 0.6 is 0 Å². The van der Waals surface area contributed by atoms with Crippen LogP contribution in [0, 0.1) is 17.5 Å². The third-order valence-corrected chi connectivity index (χ3v) is 3.40. The Morgan fingerprint density at radius 1 is 1.22 bits per heavy atom. The Morgan fingerprint density at radius 2 is 1.94 bits per heavy atom. The molecule has 0 aromatic heterocycles. The smallest absolute Gasteiger partial charge is 0.161 e. The molecule has 1 aromatic rings. The van der Waals surface area contributed by atoms with E-state index in [2.05, 4.69) is 10.2 Å². The van der Waals surface area contributed by atoms with Crippen molar-refractivity contribution < 1.29 is 13.2 Å². The number of rotatable bonds is 4. The SMILES string of the molecule is CNCC1CCCN1Cc1cc(F)c(F)cc1F. The van der Waals surface area contributed by atoms with Crippen LogP contribution in [0.5, 0.6) is 0 Å². The highest BCUT2D eigenvalue weighted by molar-refractivity contribution is 5.20. The van der Waals surface area contributed by atoms with E-state index in [0.717, 1.165) is 32.0 Å². The van der Waals surface area contributed by atoms with E-state index in [1.807, 2.05) is 7.05 Å². The van der Waals surface area contributed by atoms with Crippen molar-refractivity contribution in [3.05, 3.63) is 35.1 Å². The Hall–Kier alpha value is -1.07. The third kappa shape index (κ3) is 2.84. The molecule has 1 aliphatic heterocycles. The van der Waals surface area contributed by atoms with Crippen molar-refractivity contribution in [1.29, 1.82) is 0 Å². The summed E-state index contributed by atoms with van der Waals surface area (Å²) in [5, 5.41) is 3.09. The number of benzene rings is 1. The van der Waals surface area contributed by atoms with Crippen molar-refractivity contribution in [2.45, 2.75) is 25.4 Å². The van der Waals surface area contributed by atoms with Gasteiger partial charge in [-0.05, 0) is 32.5 Å². The zero-order valence-electron chi connectivity index (χ0n) is 10.3. The van der Waals surface area contributed by atoms with Crippen molar-refractivity contribution in [2.24, 2.45) is 0 Å². The molecule has 0 radical (unpaired) electrons. The second kappa shape index (κ2) is 5.71. The van der Waals surface area contributed by atoms with Gasteiger partial charge in [-0.1, -0.05) is 0 Å². The lowest BCUT2D eigenvalue weighted by Gasteiger charge is -2.24. The molecule has 100 valence electrons. The first-order valence-corrected chi connectivity index (χ1v) is 6.14. The molecule has 1 fully saturated rings. The normalized spacial score (nSPS) is 20.6. The average molecular weight is 258 g/mol. The van der Waals surface area contributed by atoms with E-state index < -0.39 is 17.5 Å². The van der Waals surface area contributed by atoms with Gasteiger partial charge in [-0.3, -0.25) is 4.90 Å². The van der Waals surface area contributed by atoms with Gasteiger partial charge in [-0.25, -0.2) is 13.2 Å². The molecule has 18 heavy (non-hydrogen) atoms. The Labute approximate surface area is 105 Å². The van der Waals surface area contributed by atoms with Crippen LogP contribution in [-0.2, 0) is 6.54 Å².